The molecule has 0 unspecified atom stereocenters. The smallest absolute Gasteiger partial charge is 0.416 e. The molecule has 0 aliphatic heterocycles. The SMILES string of the molecule is Cc1cc(=O)c(C(=O)OCC(=O)c2ccc3ccccc3c2)nn1-c1cccc(C(F)(F)F)c1. The lowest BCUT2D eigenvalue weighted by Crippen LogP contribution is -2.25. The molecule has 3 aromatic carbocycles. The standard InChI is InChI=1S/C25H17F3N2O4/c1-15-11-21(31)23(29-30(15)20-8-4-7-19(13-20)25(26,27)28)24(33)34-14-22(32)18-10-9-16-5-2-3-6-17(16)12-18/h2-13H,14H2,1H3. The zero-order chi connectivity index (χ0) is 24.5. The van der Waals surface area contributed by atoms with E-state index >= 15 is 0 Å². The average Bonchev–Trinajstić information content (AvgIpc) is 2.81. The summed E-state index contributed by atoms with van der Waals surface area (Å²) < 4.78 is 45.3. The molecule has 1 heterocycles. The summed E-state index contributed by atoms with van der Waals surface area (Å²) >= 11 is 0. The number of halogens is 3. The minimum atomic E-state index is -4.58. The van der Waals surface area contributed by atoms with E-state index in [0.29, 0.717) is 5.56 Å². The predicted molar refractivity (Wildman–Crippen MR) is 118 cm³/mol. The summed E-state index contributed by atoms with van der Waals surface area (Å²) in [7, 11) is 0. The van der Waals surface area contributed by atoms with Crippen molar-refractivity contribution in [1.29, 1.82) is 0 Å². The van der Waals surface area contributed by atoms with E-state index in [9.17, 15) is 27.6 Å². The molecule has 0 atom stereocenters. The maximum absolute atomic E-state index is 13.1. The van der Waals surface area contributed by atoms with Gasteiger partial charge in [-0.1, -0.05) is 42.5 Å². The van der Waals surface area contributed by atoms with Gasteiger partial charge in [0.15, 0.2) is 12.4 Å². The number of Topliss-reactive ketones (excluding diaryl/α,β-unsaturated/α-hetero) is 1. The third-order valence-corrected chi connectivity index (χ3v) is 5.12. The Balaban J connectivity index is 1.56. The van der Waals surface area contributed by atoms with Gasteiger partial charge in [-0.05, 0) is 42.0 Å². The monoisotopic (exact) mass is 466 g/mol. The number of hydrogen-bond acceptors (Lipinski definition) is 5. The van der Waals surface area contributed by atoms with Gasteiger partial charge in [0.1, 0.15) is 0 Å². The van der Waals surface area contributed by atoms with Gasteiger partial charge in [-0.15, -0.1) is 0 Å². The van der Waals surface area contributed by atoms with E-state index in [2.05, 4.69) is 5.10 Å². The number of aromatic nitrogens is 2. The molecule has 1 aromatic heterocycles. The third-order valence-electron chi connectivity index (χ3n) is 5.12. The number of carbonyl (C=O) groups excluding carboxylic acids is 2. The summed E-state index contributed by atoms with van der Waals surface area (Å²) in [6.45, 7) is 0.836. The van der Waals surface area contributed by atoms with Crippen LogP contribution in [0.5, 0.6) is 0 Å². The Morgan fingerprint density at radius 1 is 0.941 bits per heavy atom. The first-order valence-electron chi connectivity index (χ1n) is 10.1. The predicted octanol–water partition coefficient (Wildman–Crippen LogP) is 4.75. The van der Waals surface area contributed by atoms with Crippen LogP contribution >= 0.6 is 0 Å². The van der Waals surface area contributed by atoms with E-state index in [1.165, 1.54) is 19.1 Å². The highest BCUT2D eigenvalue weighted by Gasteiger charge is 2.30. The lowest BCUT2D eigenvalue weighted by atomic mass is 10.0. The highest BCUT2D eigenvalue weighted by molar-refractivity contribution is 6.02. The first-order chi connectivity index (χ1) is 16.1. The Bertz CT molecular complexity index is 1480. The highest BCUT2D eigenvalue weighted by atomic mass is 19.4. The number of nitrogens with zero attached hydrogens (tertiary/aromatic N) is 2. The fourth-order valence-corrected chi connectivity index (χ4v) is 3.41. The van der Waals surface area contributed by atoms with Crippen LogP contribution < -0.4 is 5.43 Å². The Morgan fingerprint density at radius 2 is 1.68 bits per heavy atom. The van der Waals surface area contributed by atoms with Gasteiger partial charge in [-0.3, -0.25) is 9.59 Å². The molecule has 0 N–H and O–H groups in total. The Morgan fingerprint density at radius 3 is 2.41 bits per heavy atom. The molecule has 34 heavy (non-hydrogen) atoms. The normalized spacial score (nSPS) is 11.4. The van der Waals surface area contributed by atoms with Gasteiger partial charge in [0.2, 0.25) is 11.1 Å². The van der Waals surface area contributed by atoms with E-state index in [1.54, 1.807) is 18.2 Å². The van der Waals surface area contributed by atoms with Crippen molar-refractivity contribution < 1.29 is 27.5 Å². The first-order valence-corrected chi connectivity index (χ1v) is 10.1. The van der Waals surface area contributed by atoms with Gasteiger partial charge in [0, 0.05) is 17.3 Å². The van der Waals surface area contributed by atoms with Crippen molar-refractivity contribution in [1.82, 2.24) is 9.78 Å². The largest absolute Gasteiger partial charge is 0.452 e. The van der Waals surface area contributed by atoms with Gasteiger partial charge >= 0.3 is 12.1 Å². The van der Waals surface area contributed by atoms with Gasteiger partial charge in [-0.2, -0.15) is 18.3 Å². The van der Waals surface area contributed by atoms with Crippen molar-refractivity contribution in [3.8, 4) is 5.69 Å². The Hall–Kier alpha value is -4.27. The number of alkyl halides is 3. The number of fused-ring (bicyclic) bond motifs is 1. The zero-order valence-electron chi connectivity index (χ0n) is 17.8. The van der Waals surface area contributed by atoms with Gasteiger partial charge in [0.05, 0.1) is 11.3 Å². The van der Waals surface area contributed by atoms with E-state index in [0.717, 1.165) is 33.7 Å². The lowest BCUT2D eigenvalue weighted by molar-refractivity contribution is -0.137. The molecule has 9 heteroatoms. The third kappa shape index (κ3) is 4.73. The van der Waals surface area contributed by atoms with E-state index < -0.39 is 41.2 Å². The molecule has 0 saturated heterocycles. The Kier molecular flexibility index (Phi) is 6.02. The molecule has 0 saturated carbocycles. The fraction of sp³-hybridized carbons (Fsp3) is 0.120. The molecular formula is C25H17F3N2O4. The number of hydrogen-bond donors (Lipinski definition) is 0. The van der Waals surface area contributed by atoms with E-state index in [1.807, 2.05) is 24.3 Å². The number of rotatable bonds is 5. The van der Waals surface area contributed by atoms with Crippen LogP contribution in [0.2, 0.25) is 0 Å². The topological polar surface area (TPSA) is 78.3 Å². The van der Waals surface area contributed by atoms with Crippen LogP contribution in [0.4, 0.5) is 13.2 Å². The zero-order valence-corrected chi connectivity index (χ0v) is 17.8. The molecule has 4 aromatic rings. The van der Waals surface area contributed by atoms with E-state index in [-0.39, 0.29) is 11.4 Å². The lowest BCUT2D eigenvalue weighted by Gasteiger charge is -2.13. The van der Waals surface area contributed by atoms with Crippen molar-refractivity contribution in [2.45, 2.75) is 13.1 Å². The number of benzene rings is 3. The first kappa shape index (κ1) is 22.9. The molecule has 0 spiro atoms. The van der Waals surface area contributed by atoms with Crippen LogP contribution in [-0.2, 0) is 10.9 Å². The van der Waals surface area contributed by atoms with Crippen molar-refractivity contribution in [2.75, 3.05) is 6.61 Å². The molecule has 0 aliphatic carbocycles. The van der Waals surface area contributed by atoms with Crippen LogP contribution in [0.3, 0.4) is 0 Å². The van der Waals surface area contributed by atoms with Gasteiger partial charge in [-0.25, -0.2) is 9.48 Å². The molecule has 0 fully saturated rings. The molecule has 172 valence electrons. The Labute approximate surface area is 191 Å². The van der Waals surface area contributed by atoms with Gasteiger partial charge in [0.25, 0.3) is 0 Å². The van der Waals surface area contributed by atoms with Crippen LogP contribution in [0.15, 0.2) is 77.6 Å². The molecule has 0 amide bonds. The minimum Gasteiger partial charge on any atom is -0.452 e. The molecule has 0 radical (unpaired) electrons. The molecule has 4 rings (SSSR count). The molecule has 0 bridgehead atoms. The molecular weight excluding hydrogens is 449 g/mol. The van der Waals surface area contributed by atoms with Crippen LogP contribution in [0, 0.1) is 6.92 Å². The number of carbonyl (C=O) groups is 2. The van der Waals surface area contributed by atoms with Gasteiger partial charge < -0.3 is 4.74 Å². The quantitative estimate of drug-likeness (QED) is 0.313. The second kappa shape index (κ2) is 8.93. The summed E-state index contributed by atoms with van der Waals surface area (Å²) in [6.07, 6.45) is -4.58. The summed E-state index contributed by atoms with van der Waals surface area (Å²) in [5.74, 6) is -1.63. The van der Waals surface area contributed by atoms with Crippen LogP contribution in [0.1, 0.15) is 32.1 Å². The number of ketones is 1. The van der Waals surface area contributed by atoms with Crippen LogP contribution in [-0.4, -0.2) is 28.1 Å². The van der Waals surface area contributed by atoms with Crippen molar-refractivity contribution in [3.63, 3.8) is 0 Å². The summed E-state index contributed by atoms with van der Waals surface area (Å²) in [5.41, 5.74) is -1.78. The number of aryl methyl sites for hydroxylation is 1. The van der Waals surface area contributed by atoms with Crippen molar-refractivity contribution in [2.24, 2.45) is 0 Å². The summed E-state index contributed by atoms with van der Waals surface area (Å²) in [6, 6.07) is 17.8. The van der Waals surface area contributed by atoms with Crippen molar-refractivity contribution in [3.05, 3.63) is 106 Å². The number of ether oxygens (including phenoxy) is 1. The van der Waals surface area contributed by atoms with E-state index in [4.69, 9.17) is 4.74 Å². The minimum absolute atomic E-state index is 0.00798. The fourth-order valence-electron chi connectivity index (χ4n) is 3.41. The highest BCUT2D eigenvalue weighted by Crippen LogP contribution is 2.30. The maximum Gasteiger partial charge on any atom is 0.416 e. The number of esters is 1. The average molecular weight is 466 g/mol. The molecule has 0 aliphatic rings. The second-order valence-corrected chi connectivity index (χ2v) is 7.52. The second-order valence-electron chi connectivity index (χ2n) is 7.52. The summed E-state index contributed by atoms with van der Waals surface area (Å²) in [5, 5.41) is 5.68. The maximum atomic E-state index is 13.1. The van der Waals surface area contributed by atoms with Crippen molar-refractivity contribution >= 4 is 22.5 Å². The van der Waals surface area contributed by atoms with Crippen LogP contribution in [0.25, 0.3) is 16.5 Å². The summed E-state index contributed by atoms with van der Waals surface area (Å²) in [4.78, 5) is 37.3. The molecule has 6 nitrogen and oxygen atoms in total.